The minimum atomic E-state index is -0.228. The molecule has 86 valence electrons. The van der Waals surface area contributed by atoms with Crippen LogP contribution in [0.1, 0.15) is 11.1 Å². The number of fused-ring (bicyclic) bond motifs is 1. The number of methoxy groups -OCH3 is 1. The van der Waals surface area contributed by atoms with E-state index in [1.807, 2.05) is 12.1 Å². The molecule has 2 rings (SSSR count). The molecule has 4 heteroatoms. The molecule has 0 saturated heterocycles. The van der Waals surface area contributed by atoms with Crippen molar-refractivity contribution in [2.45, 2.75) is 18.9 Å². The first kappa shape index (κ1) is 11.4. The number of hydrogen-bond acceptors (Lipinski definition) is 3. The van der Waals surface area contributed by atoms with Gasteiger partial charge in [0.05, 0.1) is 13.7 Å². The van der Waals surface area contributed by atoms with Crippen LogP contribution in [-0.4, -0.2) is 25.7 Å². The van der Waals surface area contributed by atoms with E-state index in [1.165, 1.54) is 18.2 Å². The van der Waals surface area contributed by atoms with Crippen LogP contribution in [0.25, 0.3) is 0 Å². The number of benzene rings is 1. The van der Waals surface area contributed by atoms with Gasteiger partial charge in [-0.2, -0.15) is 0 Å². The highest BCUT2D eigenvalue weighted by molar-refractivity contribution is 6.30. The van der Waals surface area contributed by atoms with E-state index in [-0.39, 0.29) is 12.5 Å². The number of hydrogen-bond donors (Lipinski definition) is 1. The summed E-state index contributed by atoms with van der Waals surface area (Å²) in [6.07, 6.45) is 1.87. The second kappa shape index (κ2) is 4.85. The lowest BCUT2D eigenvalue weighted by molar-refractivity contribution is -0.139. The molecule has 1 aliphatic rings. The molecule has 0 aromatic heterocycles. The number of carbonyl (C=O) groups excluding carboxylic acids is 1. The van der Waals surface area contributed by atoms with E-state index >= 15 is 0 Å². The molecule has 0 radical (unpaired) electrons. The zero-order chi connectivity index (χ0) is 11.5. The molecule has 0 bridgehead atoms. The van der Waals surface area contributed by atoms with Gasteiger partial charge >= 0.3 is 5.97 Å². The van der Waals surface area contributed by atoms with Gasteiger partial charge in [0.2, 0.25) is 0 Å². The predicted molar refractivity (Wildman–Crippen MR) is 62.7 cm³/mol. The van der Waals surface area contributed by atoms with Gasteiger partial charge in [-0.15, -0.1) is 0 Å². The van der Waals surface area contributed by atoms with Gasteiger partial charge in [0.1, 0.15) is 0 Å². The topological polar surface area (TPSA) is 38.3 Å². The zero-order valence-electron chi connectivity index (χ0n) is 9.13. The Bertz CT molecular complexity index is 406. The SMILES string of the molecule is COC(=O)CNC1Cc2ccc(Cl)cc2C1. The average molecular weight is 240 g/mol. The Balaban J connectivity index is 1.93. The molecule has 3 nitrogen and oxygen atoms in total. The van der Waals surface area contributed by atoms with Crippen LogP contribution in [0.4, 0.5) is 0 Å². The summed E-state index contributed by atoms with van der Waals surface area (Å²) in [5, 5.41) is 3.95. The summed E-state index contributed by atoms with van der Waals surface area (Å²) in [6.45, 7) is 0.267. The molecule has 1 N–H and O–H groups in total. The average Bonchev–Trinajstić information content (AvgIpc) is 2.67. The van der Waals surface area contributed by atoms with E-state index in [0.29, 0.717) is 6.04 Å². The molecular formula is C12H14ClNO2. The molecule has 1 atom stereocenters. The summed E-state index contributed by atoms with van der Waals surface area (Å²) >= 11 is 5.93. The fourth-order valence-corrected chi connectivity index (χ4v) is 2.23. The normalized spacial score (nSPS) is 18.2. The number of halogens is 1. The summed E-state index contributed by atoms with van der Waals surface area (Å²) in [4.78, 5) is 11.0. The molecule has 0 heterocycles. The minimum Gasteiger partial charge on any atom is -0.468 e. The number of carbonyl (C=O) groups is 1. The van der Waals surface area contributed by atoms with Gasteiger partial charge in [-0.1, -0.05) is 17.7 Å². The lowest BCUT2D eigenvalue weighted by Crippen LogP contribution is -2.34. The fourth-order valence-electron chi connectivity index (χ4n) is 2.03. The molecule has 1 aromatic rings. The smallest absolute Gasteiger partial charge is 0.319 e. The van der Waals surface area contributed by atoms with Crippen molar-refractivity contribution in [3.63, 3.8) is 0 Å². The third-order valence-corrected chi connectivity index (χ3v) is 3.10. The quantitative estimate of drug-likeness (QED) is 0.814. The Labute approximate surface area is 99.7 Å². The Kier molecular flexibility index (Phi) is 3.46. The van der Waals surface area contributed by atoms with Gasteiger partial charge < -0.3 is 10.1 Å². The van der Waals surface area contributed by atoms with Gasteiger partial charge in [0, 0.05) is 11.1 Å². The molecular weight excluding hydrogens is 226 g/mol. The number of esters is 1. The lowest BCUT2D eigenvalue weighted by Gasteiger charge is -2.09. The van der Waals surface area contributed by atoms with Crippen molar-refractivity contribution in [2.75, 3.05) is 13.7 Å². The third kappa shape index (κ3) is 2.54. The number of nitrogens with one attached hydrogen (secondary N) is 1. The van der Waals surface area contributed by atoms with Crippen LogP contribution in [0.3, 0.4) is 0 Å². The van der Waals surface area contributed by atoms with E-state index in [9.17, 15) is 4.79 Å². The largest absolute Gasteiger partial charge is 0.468 e. The van der Waals surface area contributed by atoms with Crippen molar-refractivity contribution in [1.29, 1.82) is 0 Å². The van der Waals surface area contributed by atoms with E-state index in [4.69, 9.17) is 11.6 Å². The van der Waals surface area contributed by atoms with Crippen molar-refractivity contribution in [1.82, 2.24) is 5.32 Å². The van der Waals surface area contributed by atoms with Crippen LogP contribution < -0.4 is 5.32 Å². The third-order valence-electron chi connectivity index (χ3n) is 2.86. The predicted octanol–water partition coefficient (Wildman–Crippen LogP) is 1.57. The van der Waals surface area contributed by atoms with Crippen LogP contribution in [0, 0.1) is 0 Å². The van der Waals surface area contributed by atoms with Crippen LogP contribution in [0.5, 0.6) is 0 Å². The van der Waals surface area contributed by atoms with Gasteiger partial charge in [-0.05, 0) is 36.1 Å². The van der Waals surface area contributed by atoms with Crippen molar-refractivity contribution in [2.24, 2.45) is 0 Å². The summed E-state index contributed by atoms with van der Waals surface area (Å²) < 4.78 is 4.58. The molecule has 1 aliphatic carbocycles. The highest BCUT2D eigenvalue weighted by Crippen LogP contribution is 2.25. The summed E-state index contributed by atoms with van der Waals surface area (Å²) in [7, 11) is 1.40. The zero-order valence-corrected chi connectivity index (χ0v) is 9.88. The van der Waals surface area contributed by atoms with E-state index in [2.05, 4.69) is 16.1 Å². The minimum absolute atomic E-state index is 0.228. The lowest BCUT2D eigenvalue weighted by atomic mass is 10.1. The second-order valence-electron chi connectivity index (χ2n) is 3.98. The molecule has 16 heavy (non-hydrogen) atoms. The maximum atomic E-state index is 11.0. The van der Waals surface area contributed by atoms with E-state index < -0.39 is 0 Å². The summed E-state index contributed by atoms with van der Waals surface area (Å²) in [5.74, 6) is -0.228. The summed E-state index contributed by atoms with van der Waals surface area (Å²) in [5.41, 5.74) is 2.58. The molecule has 0 saturated carbocycles. The van der Waals surface area contributed by atoms with Gasteiger partial charge in [-0.3, -0.25) is 4.79 Å². The maximum Gasteiger partial charge on any atom is 0.319 e. The first-order valence-corrected chi connectivity index (χ1v) is 5.64. The van der Waals surface area contributed by atoms with Crippen LogP contribution in [0.15, 0.2) is 18.2 Å². The number of rotatable bonds is 3. The number of ether oxygens (including phenoxy) is 1. The molecule has 0 spiro atoms. The maximum absolute atomic E-state index is 11.0. The van der Waals surface area contributed by atoms with Crippen molar-refractivity contribution >= 4 is 17.6 Å². The summed E-state index contributed by atoms with van der Waals surface area (Å²) in [6, 6.07) is 6.27. The molecule has 0 aliphatic heterocycles. The molecule has 1 aromatic carbocycles. The van der Waals surface area contributed by atoms with E-state index in [0.717, 1.165) is 17.9 Å². The van der Waals surface area contributed by atoms with Crippen molar-refractivity contribution in [3.8, 4) is 0 Å². The standard InChI is InChI=1S/C12H14ClNO2/c1-16-12(15)7-14-11-5-8-2-3-10(13)4-9(8)6-11/h2-4,11,14H,5-7H2,1H3. The van der Waals surface area contributed by atoms with Crippen LogP contribution in [-0.2, 0) is 22.4 Å². The van der Waals surface area contributed by atoms with Gasteiger partial charge in [-0.25, -0.2) is 0 Å². The van der Waals surface area contributed by atoms with Crippen molar-refractivity contribution in [3.05, 3.63) is 34.3 Å². The highest BCUT2D eigenvalue weighted by atomic mass is 35.5. The highest BCUT2D eigenvalue weighted by Gasteiger charge is 2.21. The molecule has 0 amide bonds. The molecule has 1 unspecified atom stereocenters. The van der Waals surface area contributed by atoms with Crippen molar-refractivity contribution < 1.29 is 9.53 Å². The Hall–Kier alpha value is -1.06. The second-order valence-corrected chi connectivity index (χ2v) is 4.41. The van der Waals surface area contributed by atoms with Crippen LogP contribution in [0.2, 0.25) is 5.02 Å². The first-order chi connectivity index (χ1) is 7.69. The van der Waals surface area contributed by atoms with E-state index in [1.54, 1.807) is 0 Å². The van der Waals surface area contributed by atoms with Gasteiger partial charge in [0.25, 0.3) is 0 Å². The fraction of sp³-hybridized carbons (Fsp3) is 0.417. The monoisotopic (exact) mass is 239 g/mol. The first-order valence-electron chi connectivity index (χ1n) is 5.26. The Morgan fingerprint density at radius 2 is 2.25 bits per heavy atom. The molecule has 0 fully saturated rings. The van der Waals surface area contributed by atoms with Crippen LogP contribution >= 0.6 is 11.6 Å². The van der Waals surface area contributed by atoms with Gasteiger partial charge in [0.15, 0.2) is 0 Å². The Morgan fingerprint density at radius 1 is 1.50 bits per heavy atom. The Morgan fingerprint density at radius 3 is 3.00 bits per heavy atom.